The van der Waals surface area contributed by atoms with Crippen molar-refractivity contribution in [2.75, 3.05) is 13.2 Å². The molecule has 0 aromatic carbocycles. The van der Waals surface area contributed by atoms with Gasteiger partial charge in [0.2, 0.25) is 0 Å². The summed E-state index contributed by atoms with van der Waals surface area (Å²) in [6, 6.07) is 0. The van der Waals surface area contributed by atoms with E-state index in [4.69, 9.17) is 9.47 Å². The molecular formula is C46H68O6. The van der Waals surface area contributed by atoms with Gasteiger partial charge in [0, 0.05) is 17.4 Å². The first kappa shape index (κ1) is 36.0. The molecule has 8 fully saturated rings. The molecule has 2 N–H and O–H groups in total. The lowest BCUT2D eigenvalue weighted by molar-refractivity contribution is -0.208. The molecule has 10 rings (SSSR count). The Morgan fingerprint density at radius 3 is 2.23 bits per heavy atom. The predicted molar refractivity (Wildman–Crippen MR) is 201 cm³/mol. The van der Waals surface area contributed by atoms with Crippen LogP contribution < -0.4 is 0 Å². The number of fused-ring (bicyclic) bond motifs is 10. The second kappa shape index (κ2) is 12.7. The number of carbonyl (C=O) groups is 2. The standard InChI is InChI=1S/C23H34O4.C23H34O2/c1-21-8-5-16(24)12-15(21)3-4-19-18(21)6-9-22(2)17(7-10-23(19,22)26)14-11-20(25)27-13-14;1-22-11-4-3-5-16(22)6-7-17-19-9-8-18(15-13-21(24)25-14-15)23(19,2)12-10-20(17)22/h11,15-19,24,26H,3-10,12-13H2,1-2H3;4,11,15-20H,3,5-10,12-14H2,1-2H3/t15-,16+,17-,18+,19-,21+,22-,23+;15-,16?,17-,18+,19+,20-,22-,23+/m10/s1. The monoisotopic (exact) mass is 717 g/mol. The Morgan fingerprint density at radius 2 is 1.46 bits per heavy atom. The molecule has 0 amide bonds. The summed E-state index contributed by atoms with van der Waals surface area (Å²) in [5.41, 5.74) is 1.53. The smallest absolute Gasteiger partial charge is 0.331 e. The molecule has 1 unspecified atom stereocenters. The van der Waals surface area contributed by atoms with Crippen molar-refractivity contribution in [2.45, 2.75) is 155 Å². The first-order valence-electron chi connectivity index (χ1n) is 21.9. The Labute approximate surface area is 313 Å². The molecule has 0 aromatic heterocycles. The summed E-state index contributed by atoms with van der Waals surface area (Å²) in [5.74, 6) is 6.50. The van der Waals surface area contributed by atoms with Crippen LogP contribution in [0, 0.1) is 80.8 Å². The fourth-order valence-electron chi connectivity index (χ4n) is 16.8. The molecule has 52 heavy (non-hydrogen) atoms. The van der Waals surface area contributed by atoms with Crippen molar-refractivity contribution < 1.29 is 29.3 Å². The van der Waals surface area contributed by atoms with Crippen LogP contribution in [0.2, 0.25) is 0 Å². The van der Waals surface area contributed by atoms with Crippen LogP contribution in [-0.2, 0) is 19.1 Å². The van der Waals surface area contributed by atoms with Crippen LogP contribution in [0.15, 0.2) is 23.8 Å². The second-order valence-corrected chi connectivity index (χ2v) is 21.1. The molecule has 6 heteroatoms. The van der Waals surface area contributed by atoms with Gasteiger partial charge in [0.05, 0.1) is 24.7 Å². The molecule has 0 spiro atoms. The van der Waals surface area contributed by atoms with Crippen LogP contribution in [0.25, 0.3) is 0 Å². The summed E-state index contributed by atoms with van der Waals surface area (Å²) in [7, 11) is 0. The van der Waals surface area contributed by atoms with E-state index in [1.54, 1.807) is 6.08 Å². The highest BCUT2D eigenvalue weighted by Gasteiger charge is 2.68. The van der Waals surface area contributed by atoms with E-state index in [-0.39, 0.29) is 34.8 Å². The van der Waals surface area contributed by atoms with Gasteiger partial charge >= 0.3 is 11.9 Å². The number of aliphatic hydroxyl groups excluding tert-OH is 1. The van der Waals surface area contributed by atoms with Crippen molar-refractivity contribution in [3.8, 4) is 0 Å². The third kappa shape index (κ3) is 5.20. The fourth-order valence-corrected chi connectivity index (χ4v) is 16.8. The Hall–Kier alpha value is -1.66. The van der Waals surface area contributed by atoms with E-state index in [0.29, 0.717) is 54.1 Å². The summed E-state index contributed by atoms with van der Waals surface area (Å²) in [4.78, 5) is 23.3. The number of allylic oxidation sites excluding steroid dienone is 2. The SMILES string of the molecule is C[C@]12CC[C@H](O)C[C@H]1CC[C@@H]1[C@@H]2CC[C@]2(C)[C@@H](C3=CC(=O)OC3)CC[C@]12O.C[C@]12CC[C@H]3[C@@H](CCC4CCC=C[C@@]43C)[C@H]1CC[C@@H]2[C@@H]1COC(=O)C1. The van der Waals surface area contributed by atoms with E-state index in [1.807, 2.05) is 0 Å². The average molecular weight is 717 g/mol. The third-order valence-electron chi connectivity index (χ3n) is 19.6. The average Bonchev–Trinajstić information content (AvgIpc) is 3.89. The molecular weight excluding hydrogens is 649 g/mol. The molecule has 16 atom stereocenters. The molecule has 10 aliphatic rings. The van der Waals surface area contributed by atoms with E-state index >= 15 is 0 Å². The van der Waals surface area contributed by atoms with Crippen molar-refractivity contribution in [1.29, 1.82) is 0 Å². The van der Waals surface area contributed by atoms with Gasteiger partial charge in [-0.15, -0.1) is 0 Å². The van der Waals surface area contributed by atoms with Crippen molar-refractivity contribution >= 4 is 11.9 Å². The van der Waals surface area contributed by atoms with Gasteiger partial charge in [-0.2, -0.15) is 0 Å². The van der Waals surface area contributed by atoms with Crippen LogP contribution >= 0.6 is 0 Å². The van der Waals surface area contributed by atoms with Crippen LogP contribution in [0.3, 0.4) is 0 Å². The maximum absolute atomic E-state index is 12.1. The zero-order valence-corrected chi connectivity index (χ0v) is 32.8. The van der Waals surface area contributed by atoms with Crippen molar-refractivity contribution in [2.24, 2.45) is 80.8 Å². The third-order valence-corrected chi connectivity index (χ3v) is 19.6. The van der Waals surface area contributed by atoms with Gasteiger partial charge in [-0.3, -0.25) is 4.79 Å². The minimum absolute atomic E-state index is 0.0473. The van der Waals surface area contributed by atoms with Crippen molar-refractivity contribution in [1.82, 2.24) is 0 Å². The minimum atomic E-state index is -0.628. The van der Waals surface area contributed by atoms with E-state index in [2.05, 4.69) is 39.8 Å². The highest BCUT2D eigenvalue weighted by molar-refractivity contribution is 5.85. The number of rotatable bonds is 2. The zero-order chi connectivity index (χ0) is 36.3. The van der Waals surface area contributed by atoms with Gasteiger partial charge in [0.25, 0.3) is 0 Å². The fraction of sp³-hybridized carbons (Fsp3) is 0.870. The molecule has 288 valence electrons. The maximum Gasteiger partial charge on any atom is 0.331 e. The lowest BCUT2D eigenvalue weighted by atomic mass is 9.43. The molecule has 8 aliphatic carbocycles. The van der Waals surface area contributed by atoms with Crippen LogP contribution in [0.1, 0.15) is 143 Å². The number of ether oxygens (including phenoxy) is 2. The van der Waals surface area contributed by atoms with Gasteiger partial charge in [0.1, 0.15) is 6.61 Å². The van der Waals surface area contributed by atoms with E-state index < -0.39 is 5.60 Å². The van der Waals surface area contributed by atoms with Crippen molar-refractivity contribution in [3.05, 3.63) is 23.8 Å². The van der Waals surface area contributed by atoms with Gasteiger partial charge in [-0.05, 0) is 184 Å². The molecule has 6 nitrogen and oxygen atoms in total. The highest BCUT2D eigenvalue weighted by Crippen LogP contribution is 2.71. The molecule has 7 saturated carbocycles. The first-order valence-corrected chi connectivity index (χ1v) is 21.9. The highest BCUT2D eigenvalue weighted by atomic mass is 16.5. The first-order chi connectivity index (χ1) is 24.8. The molecule has 0 aromatic rings. The summed E-state index contributed by atoms with van der Waals surface area (Å²) >= 11 is 0. The summed E-state index contributed by atoms with van der Waals surface area (Å²) < 4.78 is 10.5. The predicted octanol–water partition coefficient (Wildman–Crippen LogP) is 8.98. The Morgan fingerprint density at radius 1 is 0.712 bits per heavy atom. The normalized spacial score (nSPS) is 54.6. The topological polar surface area (TPSA) is 93.1 Å². The summed E-state index contributed by atoms with van der Waals surface area (Å²) in [6.07, 6.45) is 27.7. The maximum atomic E-state index is 12.1. The second-order valence-electron chi connectivity index (χ2n) is 21.1. The molecule has 0 bridgehead atoms. The minimum Gasteiger partial charge on any atom is -0.465 e. The number of carbonyl (C=O) groups excluding carboxylic acids is 2. The number of esters is 2. The molecule has 2 aliphatic heterocycles. The van der Waals surface area contributed by atoms with E-state index in [9.17, 15) is 19.8 Å². The van der Waals surface area contributed by atoms with Crippen LogP contribution in [0.4, 0.5) is 0 Å². The van der Waals surface area contributed by atoms with Gasteiger partial charge in [-0.25, -0.2) is 4.79 Å². The quantitative estimate of drug-likeness (QED) is 0.219. The Balaban J connectivity index is 0.000000139. The van der Waals surface area contributed by atoms with E-state index in [0.717, 1.165) is 86.5 Å². The lowest BCUT2D eigenvalue weighted by Crippen LogP contribution is -2.62. The molecule has 1 saturated heterocycles. The number of hydrogen-bond donors (Lipinski definition) is 2. The molecule has 0 radical (unpaired) electrons. The van der Waals surface area contributed by atoms with Crippen molar-refractivity contribution in [3.63, 3.8) is 0 Å². The Bertz CT molecular complexity index is 1500. The summed E-state index contributed by atoms with van der Waals surface area (Å²) in [6.45, 7) is 11.0. The van der Waals surface area contributed by atoms with Crippen LogP contribution in [-0.4, -0.2) is 47.1 Å². The van der Waals surface area contributed by atoms with E-state index in [1.165, 1.54) is 57.8 Å². The zero-order valence-electron chi connectivity index (χ0n) is 32.8. The Kier molecular flexibility index (Phi) is 8.78. The summed E-state index contributed by atoms with van der Waals surface area (Å²) in [5, 5.41) is 22.3. The molecule has 2 heterocycles. The van der Waals surface area contributed by atoms with Gasteiger partial charge in [0.15, 0.2) is 0 Å². The van der Waals surface area contributed by atoms with Gasteiger partial charge in [-0.1, -0.05) is 39.8 Å². The number of aliphatic hydroxyl groups is 2. The van der Waals surface area contributed by atoms with Gasteiger partial charge < -0.3 is 19.7 Å². The number of hydrogen-bond acceptors (Lipinski definition) is 6. The largest absolute Gasteiger partial charge is 0.465 e. The van der Waals surface area contributed by atoms with Crippen LogP contribution in [0.5, 0.6) is 0 Å². The lowest BCUT2D eigenvalue weighted by Gasteiger charge is -2.63. The number of cyclic esters (lactones) is 2.